The molecule has 57 heavy (non-hydrogen) atoms. The van der Waals surface area contributed by atoms with E-state index in [4.69, 9.17) is 4.74 Å². The molecule has 0 aromatic carbocycles. The molecule has 2 N–H and O–H groups in total. The van der Waals surface area contributed by atoms with Crippen LogP contribution in [0.15, 0.2) is 29.6 Å². The highest BCUT2D eigenvalue weighted by Gasteiger charge is 2.71. The van der Waals surface area contributed by atoms with Crippen molar-refractivity contribution in [1.29, 1.82) is 0 Å². The highest BCUT2D eigenvalue weighted by atomic mass is 16.5. The van der Waals surface area contributed by atoms with Crippen molar-refractivity contribution in [3.63, 3.8) is 0 Å². The topological polar surface area (TPSA) is 150 Å². The fourth-order valence-corrected chi connectivity index (χ4v) is 13.5. The van der Waals surface area contributed by atoms with E-state index in [2.05, 4.69) is 58.4 Å². The minimum atomic E-state index is -1.19. The van der Waals surface area contributed by atoms with E-state index in [0.717, 1.165) is 50.5 Å². The number of fused-ring (bicyclic) bond motifs is 7. The van der Waals surface area contributed by atoms with Gasteiger partial charge in [-0.25, -0.2) is 9.97 Å². The molecule has 1 heterocycles. The van der Waals surface area contributed by atoms with E-state index < -0.39 is 28.9 Å². The van der Waals surface area contributed by atoms with Crippen LogP contribution in [0.5, 0.6) is 0 Å². The third kappa shape index (κ3) is 7.18. The highest BCUT2D eigenvalue weighted by molar-refractivity contribution is 6.00. The number of allylic oxidation sites excluding steroid dienone is 1. The van der Waals surface area contributed by atoms with Gasteiger partial charge in [0, 0.05) is 36.2 Å². The largest absolute Gasteiger partial charge is 0.481 e. The summed E-state index contributed by atoms with van der Waals surface area (Å²) >= 11 is 0. The molecule has 5 aliphatic carbocycles. The Labute approximate surface area is 340 Å². The predicted molar refractivity (Wildman–Crippen MR) is 217 cm³/mol. The van der Waals surface area contributed by atoms with Gasteiger partial charge in [-0.15, -0.1) is 0 Å². The number of carboxylic acid groups (broad SMARTS) is 1. The Hall–Kier alpha value is -3.18. The number of aliphatic hydroxyl groups excluding tert-OH is 1. The predicted octanol–water partition coefficient (Wildman–Crippen LogP) is 7.12. The minimum absolute atomic E-state index is 0.00926. The number of Topliss-reactive ketones (excluding diaryl/α,β-unsaturated/α-hetero) is 1. The second-order valence-corrected chi connectivity index (χ2v) is 21.2. The molecule has 11 nitrogen and oxygen atoms in total. The summed E-state index contributed by atoms with van der Waals surface area (Å²) in [7, 11) is 3.71. The molecule has 0 radical (unpaired) electrons. The van der Waals surface area contributed by atoms with E-state index in [1.54, 1.807) is 37.2 Å². The number of hydrogen-bond acceptors (Lipinski definition) is 9. The number of carbonyl (C=O) groups is 4. The lowest BCUT2D eigenvalue weighted by Gasteiger charge is -2.72. The summed E-state index contributed by atoms with van der Waals surface area (Å²) in [6.07, 6.45) is 9.49. The van der Waals surface area contributed by atoms with Crippen LogP contribution in [0.4, 0.5) is 0 Å². The van der Waals surface area contributed by atoms with Crippen molar-refractivity contribution >= 4 is 23.6 Å². The van der Waals surface area contributed by atoms with Crippen molar-refractivity contribution in [2.24, 2.45) is 56.2 Å². The van der Waals surface area contributed by atoms with Gasteiger partial charge in [-0.2, -0.15) is 0 Å². The molecule has 0 saturated heterocycles. The van der Waals surface area contributed by atoms with Gasteiger partial charge in [-0.05, 0) is 131 Å². The Kier molecular flexibility index (Phi) is 11.5. The first kappa shape index (κ1) is 43.4. The number of rotatable bonds is 12. The van der Waals surface area contributed by atoms with Gasteiger partial charge in [0.15, 0.2) is 5.78 Å². The second-order valence-electron chi connectivity index (χ2n) is 21.2. The molecule has 6 rings (SSSR count). The monoisotopic (exact) mass is 791 g/mol. The summed E-state index contributed by atoms with van der Waals surface area (Å²) in [6, 6.07) is 1.75. The Bertz CT molecular complexity index is 1770. The number of esters is 1. The van der Waals surface area contributed by atoms with Crippen molar-refractivity contribution in [2.45, 2.75) is 145 Å². The third-order valence-corrected chi connectivity index (χ3v) is 16.6. The summed E-state index contributed by atoms with van der Waals surface area (Å²) in [5.74, 6) is 0.00282. The maximum atomic E-state index is 14.3. The first-order valence-corrected chi connectivity index (χ1v) is 21.5. The zero-order valence-electron chi connectivity index (χ0n) is 36.6. The Morgan fingerprint density at radius 2 is 1.60 bits per heavy atom. The number of ether oxygens (including phenoxy) is 1. The number of ketones is 1. The molecule has 0 spiro atoms. The lowest BCUT2D eigenvalue weighted by Crippen LogP contribution is -2.66. The number of aliphatic hydroxyl groups is 1. The molecule has 1 amide bonds. The number of carboxylic acids is 1. The van der Waals surface area contributed by atoms with Crippen molar-refractivity contribution < 1.29 is 34.1 Å². The number of carbonyl (C=O) groups excluding carboxylic acids is 3. The van der Waals surface area contributed by atoms with Crippen molar-refractivity contribution in [1.82, 2.24) is 19.8 Å². The number of likely N-dealkylation sites (N-methyl/N-ethyl adjacent to an activating group) is 1. The van der Waals surface area contributed by atoms with E-state index in [1.807, 2.05) is 19.0 Å². The van der Waals surface area contributed by atoms with Crippen LogP contribution in [0.25, 0.3) is 0 Å². The number of hydrogen-bond donors (Lipinski definition) is 2. The van der Waals surface area contributed by atoms with Gasteiger partial charge in [-0.3, -0.25) is 19.2 Å². The molecular formula is C46H70N4O7. The molecule has 4 saturated carbocycles. The molecule has 316 valence electrons. The molecule has 11 heteroatoms. The van der Waals surface area contributed by atoms with E-state index >= 15 is 0 Å². The smallest absolute Gasteiger partial charge is 0.309 e. The average Bonchev–Trinajstić information content (AvgIpc) is 3.42. The maximum absolute atomic E-state index is 14.3. The average molecular weight is 791 g/mol. The lowest BCUT2D eigenvalue weighted by molar-refractivity contribution is -0.235. The molecule has 0 aliphatic heterocycles. The van der Waals surface area contributed by atoms with Gasteiger partial charge >= 0.3 is 11.9 Å². The number of aliphatic carboxylic acids is 1. The van der Waals surface area contributed by atoms with Crippen LogP contribution in [-0.2, 0) is 30.5 Å². The maximum Gasteiger partial charge on any atom is 0.309 e. The Morgan fingerprint density at radius 3 is 2.21 bits per heavy atom. The van der Waals surface area contributed by atoms with Crippen molar-refractivity contribution in [3.05, 3.63) is 35.4 Å². The van der Waals surface area contributed by atoms with E-state index in [1.165, 1.54) is 5.57 Å². The van der Waals surface area contributed by atoms with E-state index in [-0.39, 0.29) is 83.8 Å². The van der Waals surface area contributed by atoms with Gasteiger partial charge in [0.1, 0.15) is 11.9 Å². The zero-order valence-corrected chi connectivity index (χ0v) is 36.6. The summed E-state index contributed by atoms with van der Waals surface area (Å²) in [6.45, 7) is 19.8. The lowest BCUT2D eigenvalue weighted by atomic mass is 9.33. The van der Waals surface area contributed by atoms with E-state index in [0.29, 0.717) is 24.1 Å². The van der Waals surface area contributed by atoms with Crippen LogP contribution in [-0.4, -0.2) is 93.0 Å². The van der Waals surface area contributed by atoms with Gasteiger partial charge in [-0.1, -0.05) is 54.0 Å². The fourth-order valence-electron chi connectivity index (χ4n) is 13.5. The van der Waals surface area contributed by atoms with Gasteiger partial charge in [0.2, 0.25) is 5.91 Å². The molecule has 2 unspecified atom stereocenters. The SMILES string of the molecule is CC(C)C1=C2[C@H]3CC[C@@H]4[C@@]5(C)CC[C@H](OC(=O)CC(C)(C)C(=O)O)C(C)(C)[C@@H]5CC[C@@]4(C)[C@]3(C)CCC2(C(O)CN(Cc2ncccn2)C(=O)CN(C)C)CC1=O. The number of nitrogens with zero attached hydrogens (tertiary/aromatic N) is 4. The minimum Gasteiger partial charge on any atom is -0.481 e. The molecule has 5 aliphatic rings. The highest BCUT2D eigenvalue weighted by Crippen LogP contribution is 2.77. The molecule has 9 atom stereocenters. The standard InChI is InChI=1S/C46H70N4O7/c1-28(2)38-30(51)23-46(33(52)25-50(36(53)27-49(10)11)26-35-47-21-12-22-48-35)20-19-44(8)29(39(38)46)13-14-32-43(7)17-16-34(57-37(54)24-41(3,4)40(55)56)42(5,6)31(43)15-18-45(32,44)9/h12,21-22,28-29,31-34,52H,13-20,23-27H2,1-11H3,(H,55,56)/t29-,31+,32-,33?,34+,43+,44-,45-,46?/m1/s1. The first-order valence-electron chi connectivity index (χ1n) is 21.5. The molecule has 1 aromatic heterocycles. The van der Waals surface area contributed by atoms with Crippen LogP contribution in [0.1, 0.15) is 132 Å². The third-order valence-electron chi connectivity index (χ3n) is 16.6. The van der Waals surface area contributed by atoms with Crippen LogP contribution in [0.3, 0.4) is 0 Å². The fraction of sp³-hybridized carbons (Fsp3) is 0.783. The second kappa shape index (κ2) is 15.1. The Morgan fingerprint density at radius 1 is 0.930 bits per heavy atom. The van der Waals surface area contributed by atoms with Crippen LogP contribution in [0.2, 0.25) is 0 Å². The van der Waals surface area contributed by atoms with E-state index in [9.17, 15) is 29.4 Å². The van der Waals surface area contributed by atoms with Gasteiger partial charge in [0.05, 0.1) is 31.0 Å². The quantitative estimate of drug-likeness (QED) is 0.210. The number of amides is 1. The molecule has 1 aromatic rings. The number of aromatic nitrogens is 2. The summed E-state index contributed by atoms with van der Waals surface area (Å²) in [4.78, 5) is 65.2. The van der Waals surface area contributed by atoms with Crippen LogP contribution >= 0.6 is 0 Å². The normalized spacial score (nSPS) is 35.2. The zero-order chi connectivity index (χ0) is 42.1. The molecule has 4 fully saturated rings. The Balaban J connectivity index is 1.30. The summed E-state index contributed by atoms with van der Waals surface area (Å²) < 4.78 is 6.17. The summed E-state index contributed by atoms with van der Waals surface area (Å²) in [5, 5.41) is 22.2. The van der Waals surface area contributed by atoms with Gasteiger partial charge < -0.3 is 24.7 Å². The van der Waals surface area contributed by atoms with Gasteiger partial charge in [0.25, 0.3) is 0 Å². The van der Waals surface area contributed by atoms with Crippen LogP contribution in [0, 0.1) is 56.2 Å². The first-order chi connectivity index (χ1) is 26.4. The van der Waals surface area contributed by atoms with Crippen LogP contribution < -0.4 is 0 Å². The summed E-state index contributed by atoms with van der Waals surface area (Å²) in [5.41, 5.74) is -0.260. The molecular weight excluding hydrogens is 721 g/mol. The van der Waals surface area contributed by atoms with Crippen molar-refractivity contribution in [2.75, 3.05) is 27.2 Å². The molecule has 0 bridgehead atoms. The van der Waals surface area contributed by atoms with Crippen molar-refractivity contribution in [3.8, 4) is 0 Å².